The summed E-state index contributed by atoms with van der Waals surface area (Å²) in [6.07, 6.45) is 0. The zero-order valence-corrected chi connectivity index (χ0v) is 17.3. The first-order valence-corrected chi connectivity index (χ1v) is 3.24. The molecule has 2 N–H and O–H groups in total. The zero-order chi connectivity index (χ0) is 12.9. The first-order valence-electron chi connectivity index (χ1n) is 3.24. The molecule has 10 nitrogen and oxygen atoms in total. The van der Waals surface area contributed by atoms with Gasteiger partial charge in [-0.1, -0.05) is 0 Å². The van der Waals surface area contributed by atoms with Crippen LogP contribution in [0.15, 0.2) is 0 Å². The average Bonchev–Trinajstić information content (AvgIpc) is 2.16. The number of ether oxygens (including phenoxy) is 2. The van der Waals surface area contributed by atoms with Crippen LogP contribution in [0.3, 0.4) is 0 Å². The Bertz CT molecular complexity index is 371. The number of carboxylic acid groups (broad SMARTS) is 2. The Morgan fingerprint density at radius 2 is 0.750 bits per heavy atom. The van der Waals surface area contributed by atoms with Gasteiger partial charge in [-0.2, -0.15) is 0 Å². The van der Waals surface area contributed by atoms with Gasteiger partial charge >= 0.3 is 35.8 Å². The first kappa shape index (κ1) is 31.7. The number of hydrogen-bond donors (Lipinski definition) is 2. The van der Waals surface area contributed by atoms with Crippen molar-refractivity contribution in [2.75, 3.05) is 0 Å². The Morgan fingerprint density at radius 1 is 0.550 bits per heavy atom. The van der Waals surface area contributed by atoms with Crippen molar-refractivity contribution >= 4 is 35.8 Å². The molecule has 20 heavy (non-hydrogen) atoms. The van der Waals surface area contributed by atoms with Gasteiger partial charge < -0.3 is 19.7 Å². The molecule has 0 fully saturated rings. The number of carbonyl (C=O) groups is 6. The van der Waals surface area contributed by atoms with Gasteiger partial charge in [-0.25, -0.2) is 28.8 Å². The molecule has 0 amide bonds. The van der Waals surface area contributed by atoms with Crippen LogP contribution in [0.5, 0.6) is 0 Å². The molecule has 0 saturated heterocycles. The monoisotopic (exact) mass is 480 g/mol. The number of hydrogen-bond acceptors (Lipinski definition) is 8. The smallest absolute Gasteiger partial charge is 0.426 e. The van der Waals surface area contributed by atoms with Crippen molar-refractivity contribution < 1.29 is 121 Å². The van der Waals surface area contributed by atoms with Gasteiger partial charge in [0.1, 0.15) is 0 Å². The van der Waals surface area contributed by atoms with Gasteiger partial charge in [0.05, 0.1) is 0 Å². The summed E-state index contributed by atoms with van der Waals surface area (Å²) in [5, 5.41) is 15.9. The van der Waals surface area contributed by atoms with E-state index in [0.717, 1.165) is 0 Å². The van der Waals surface area contributed by atoms with E-state index in [1.165, 1.54) is 0 Å². The molecule has 0 unspecified atom stereocenters. The molecular weight excluding hydrogens is 481 g/mol. The maximum absolute atomic E-state index is 10.5. The second-order valence-electron chi connectivity index (χ2n) is 1.96. The van der Waals surface area contributed by atoms with Gasteiger partial charge in [0, 0.05) is 72.5 Å². The minimum Gasteiger partial charge on any atom is -0.473 e. The number of carbonyl (C=O) groups excluding carboxylic acids is 4. The van der Waals surface area contributed by atoms with Gasteiger partial charge in [-0.3, -0.25) is 0 Å². The Labute approximate surface area is 156 Å². The Balaban J connectivity index is -0.000000187. The van der Waals surface area contributed by atoms with Crippen molar-refractivity contribution in [2.45, 2.75) is 0 Å². The van der Waals surface area contributed by atoms with Crippen molar-refractivity contribution in [1.29, 1.82) is 0 Å². The molecule has 0 spiro atoms. The molecule has 0 heterocycles. The summed E-state index contributed by atoms with van der Waals surface area (Å²) >= 11 is 0. The molecule has 14 heteroatoms. The Hall–Kier alpha value is -0.520. The molecule has 0 saturated carbocycles. The Kier molecular flexibility index (Phi) is 23.6. The minimum absolute atomic E-state index is 0. The molecule has 0 aromatic carbocycles. The molecule has 0 atom stereocenters. The largest absolute Gasteiger partial charge is 0.473 e. The molecule has 0 bridgehead atoms. The van der Waals surface area contributed by atoms with Crippen molar-refractivity contribution in [1.82, 2.24) is 0 Å². The third-order valence-electron chi connectivity index (χ3n) is 0.887. The second-order valence-corrected chi connectivity index (χ2v) is 1.96. The fourth-order valence-corrected chi connectivity index (χ4v) is 0.339. The first-order chi connectivity index (χ1) is 7.25. The van der Waals surface area contributed by atoms with Crippen LogP contribution in [0, 0.1) is 0 Å². The topological polar surface area (TPSA) is 161 Å². The van der Waals surface area contributed by atoms with E-state index in [-0.39, 0.29) is 72.5 Å². The van der Waals surface area contributed by atoms with Crippen molar-refractivity contribution in [3.8, 4) is 0 Å². The van der Waals surface area contributed by atoms with E-state index in [1.54, 1.807) is 0 Å². The summed E-state index contributed by atoms with van der Waals surface area (Å²) in [5.41, 5.74) is 0. The van der Waals surface area contributed by atoms with Crippen LogP contribution in [0.4, 0.5) is 0 Å². The number of aliphatic carboxylic acids is 2. The van der Waals surface area contributed by atoms with Gasteiger partial charge in [0.25, 0.3) is 0 Å². The van der Waals surface area contributed by atoms with E-state index < -0.39 is 35.8 Å². The van der Waals surface area contributed by atoms with Crippen LogP contribution < -0.4 is 0 Å². The SMILES string of the molecule is O=C(O)C(=O)OC(=O)C(=O)OC(=O)C(=O)O.[Co].[Co].[Zn].[Zn]. The van der Waals surface area contributed by atoms with Gasteiger partial charge in [0.15, 0.2) is 0 Å². The normalized spacial score (nSPS) is 7.00. The summed E-state index contributed by atoms with van der Waals surface area (Å²) < 4.78 is 6.71. The predicted octanol–water partition coefficient (Wildman–Crippen LogP) is -2.71. The summed E-state index contributed by atoms with van der Waals surface area (Å²) in [5.74, 6) is -12.7. The van der Waals surface area contributed by atoms with Crippen molar-refractivity contribution in [2.24, 2.45) is 0 Å². The van der Waals surface area contributed by atoms with Gasteiger partial charge in [-0.05, 0) is 0 Å². The van der Waals surface area contributed by atoms with Crippen LogP contribution >= 0.6 is 0 Å². The summed E-state index contributed by atoms with van der Waals surface area (Å²) in [7, 11) is 0. The van der Waals surface area contributed by atoms with E-state index in [4.69, 9.17) is 10.2 Å². The van der Waals surface area contributed by atoms with Gasteiger partial charge in [0.2, 0.25) is 0 Å². The van der Waals surface area contributed by atoms with Crippen LogP contribution in [-0.2, 0) is 111 Å². The number of rotatable bonds is 0. The van der Waals surface area contributed by atoms with E-state index in [2.05, 4.69) is 9.47 Å². The number of carboxylic acids is 2. The molecule has 0 aromatic rings. The molecule has 0 aromatic heterocycles. The third kappa shape index (κ3) is 12.5. The molecular formula is C6H2Co2O10Zn2. The van der Waals surface area contributed by atoms with E-state index in [1.807, 2.05) is 0 Å². The second kappa shape index (κ2) is 14.9. The fraction of sp³-hybridized carbons (Fsp3) is 0. The van der Waals surface area contributed by atoms with Crippen LogP contribution in [-0.4, -0.2) is 46.0 Å². The quantitative estimate of drug-likeness (QED) is 0.161. The maximum atomic E-state index is 10.5. The van der Waals surface area contributed by atoms with Crippen molar-refractivity contribution in [3.05, 3.63) is 0 Å². The maximum Gasteiger partial charge on any atom is 0.426 e. The molecule has 0 aliphatic rings. The molecule has 0 aliphatic heterocycles. The van der Waals surface area contributed by atoms with Crippen LogP contribution in [0.25, 0.3) is 0 Å². The average molecular weight is 483 g/mol. The zero-order valence-electron chi connectivity index (χ0n) is 9.24. The summed E-state index contributed by atoms with van der Waals surface area (Å²) in [4.78, 5) is 61.1. The van der Waals surface area contributed by atoms with E-state index >= 15 is 0 Å². The summed E-state index contributed by atoms with van der Waals surface area (Å²) in [6.45, 7) is 0. The van der Waals surface area contributed by atoms with Crippen molar-refractivity contribution in [3.63, 3.8) is 0 Å². The van der Waals surface area contributed by atoms with Gasteiger partial charge in [-0.15, -0.1) is 0 Å². The molecule has 108 valence electrons. The molecule has 0 aliphatic carbocycles. The molecule has 0 rings (SSSR count). The van der Waals surface area contributed by atoms with E-state index in [0.29, 0.717) is 0 Å². The Morgan fingerprint density at radius 3 is 0.900 bits per heavy atom. The number of esters is 4. The predicted molar refractivity (Wildman–Crippen MR) is 37.5 cm³/mol. The van der Waals surface area contributed by atoms with Crippen LogP contribution in [0.2, 0.25) is 0 Å². The molecule has 2 radical (unpaired) electrons. The summed E-state index contributed by atoms with van der Waals surface area (Å²) in [6, 6.07) is 0. The van der Waals surface area contributed by atoms with E-state index in [9.17, 15) is 28.8 Å². The standard InChI is InChI=1S/C6H2O10.2Co.2Zn/c7-1(8)3(11)15-5(13)6(14)16-4(12)2(9)10;;;;/h(H,7,8)(H,9,10);;;;. The third-order valence-corrected chi connectivity index (χ3v) is 0.887. The minimum atomic E-state index is -2.16. The van der Waals surface area contributed by atoms with Crippen LogP contribution in [0.1, 0.15) is 0 Å². The fourth-order valence-electron chi connectivity index (χ4n) is 0.339.